The van der Waals surface area contributed by atoms with E-state index in [1.807, 2.05) is 0 Å². The summed E-state index contributed by atoms with van der Waals surface area (Å²) >= 11 is 3.35. The standard InChI is InChI=1S/C19H25BrN6O/c20-15-11-21-19(22-12-15)23-13-16-5-1-2-7-25(16)8-9-26-18(27)10-14-4-3-6-17(14)24-26/h10-12,16H,1-9,13H2,(H,21,22,23). The lowest BCUT2D eigenvalue weighted by Crippen LogP contribution is -2.45. The van der Waals surface area contributed by atoms with Crippen LogP contribution in [0.15, 0.2) is 27.7 Å². The number of halogens is 1. The van der Waals surface area contributed by atoms with Gasteiger partial charge in [0, 0.05) is 37.6 Å². The molecule has 1 fully saturated rings. The fraction of sp³-hybridized carbons (Fsp3) is 0.579. The largest absolute Gasteiger partial charge is 0.353 e. The van der Waals surface area contributed by atoms with Gasteiger partial charge < -0.3 is 5.32 Å². The number of rotatable bonds is 6. The van der Waals surface area contributed by atoms with Crippen LogP contribution >= 0.6 is 15.9 Å². The van der Waals surface area contributed by atoms with E-state index in [9.17, 15) is 4.79 Å². The lowest BCUT2D eigenvalue weighted by atomic mass is 10.0. The maximum absolute atomic E-state index is 12.3. The molecule has 0 saturated carbocycles. The molecule has 2 aliphatic rings. The minimum atomic E-state index is 0.0330. The lowest BCUT2D eigenvalue weighted by molar-refractivity contribution is 0.147. The zero-order chi connectivity index (χ0) is 18.6. The molecule has 144 valence electrons. The van der Waals surface area contributed by atoms with Gasteiger partial charge in [-0.3, -0.25) is 9.69 Å². The second kappa shape index (κ2) is 8.48. The molecule has 0 amide bonds. The summed E-state index contributed by atoms with van der Waals surface area (Å²) in [5.74, 6) is 0.653. The summed E-state index contributed by atoms with van der Waals surface area (Å²) in [7, 11) is 0. The molecule has 27 heavy (non-hydrogen) atoms. The first-order valence-corrected chi connectivity index (χ1v) is 10.5. The zero-order valence-corrected chi connectivity index (χ0v) is 17.0. The molecule has 1 unspecified atom stereocenters. The molecule has 2 aromatic heterocycles. The highest BCUT2D eigenvalue weighted by Gasteiger charge is 2.23. The van der Waals surface area contributed by atoms with Crippen molar-refractivity contribution in [2.45, 2.75) is 51.1 Å². The van der Waals surface area contributed by atoms with Crippen molar-refractivity contribution < 1.29 is 0 Å². The molecule has 0 radical (unpaired) electrons. The number of nitrogens with zero attached hydrogens (tertiary/aromatic N) is 5. The van der Waals surface area contributed by atoms with Gasteiger partial charge >= 0.3 is 0 Å². The molecule has 2 aromatic rings. The molecule has 0 aromatic carbocycles. The molecular weight excluding hydrogens is 408 g/mol. The maximum Gasteiger partial charge on any atom is 0.267 e. The van der Waals surface area contributed by atoms with Crippen LogP contribution in [-0.4, -0.2) is 50.3 Å². The van der Waals surface area contributed by atoms with Crippen LogP contribution in [0.2, 0.25) is 0 Å². The quantitative estimate of drug-likeness (QED) is 0.754. The van der Waals surface area contributed by atoms with Gasteiger partial charge in [-0.05, 0) is 60.1 Å². The Bertz CT molecular complexity index is 837. The van der Waals surface area contributed by atoms with Crippen molar-refractivity contribution in [3.05, 3.63) is 44.5 Å². The number of piperidine rings is 1. The van der Waals surface area contributed by atoms with Gasteiger partial charge in [-0.25, -0.2) is 14.6 Å². The van der Waals surface area contributed by atoms with Crippen molar-refractivity contribution in [1.29, 1.82) is 0 Å². The van der Waals surface area contributed by atoms with Crippen molar-refractivity contribution in [1.82, 2.24) is 24.6 Å². The Morgan fingerprint density at radius 3 is 2.85 bits per heavy atom. The zero-order valence-electron chi connectivity index (χ0n) is 15.4. The van der Waals surface area contributed by atoms with Gasteiger partial charge in [-0.2, -0.15) is 5.10 Å². The summed E-state index contributed by atoms with van der Waals surface area (Å²) in [5, 5.41) is 7.95. The molecule has 1 aliphatic heterocycles. The first-order chi connectivity index (χ1) is 13.2. The molecular formula is C19H25BrN6O. The Hall–Kier alpha value is -1.80. The summed E-state index contributed by atoms with van der Waals surface area (Å²) in [6.45, 7) is 3.37. The van der Waals surface area contributed by atoms with Gasteiger partial charge in [0.05, 0.1) is 16.7 Å². The van der Waals surface area contributed by atoms with Crippen molar-refractivity contribution in [3.8, 4) is 0 Å². The van der Waals surface area contributed by atoms with Gasteiger partial charge in [0.1, 0.15) is 0 Å². The molecule has 3 heterocycles. The Kier molecular flexibility index (Phi) is 5.83. The van der Waals surface area contributed by atoms with Gasteiger partial charge in [-0.15, -0.1) is 0 Å². The van der Waals surface area contributed by atoms with Gasteiger partial charge in [0.25, 0.3) is 5.56 Å². The monoisotopic (exact) mass is 432 g/mol. The Labute approximate surface area is 167 Å². The van der Waals surface area contributed by atoms with Gasteiger partial charge in [0.15, 0.2) is 0 Å². The van der Waals surface area contributed by atoms with Crippen LogP contribution in [0.5, 0.6) is 0 Å². The van der Waals surface area contributed by atoms with Crippen LogP contribution in [0.25, 0.3) is 0 Å². The van der Waals surface area contributed by atoms with E-state index >= 15 is 0 Å². The highest BCUT2D eigenvalue weighted by atomic mass is 79.9. The van der Waals surface area contributed by atoms with E-state index in [1.54, 1.807) is 23.1 Å². The summed E-state index contributed by atoms with van der Waals surface area (Å²) in [4.78, 5) is 23.4. The van der Waals surface area contributed by atoms with E-state index in [0.717, 1.165) is 61.0 Å². The third-order valence-corrected chi connectivity index (χ3v) is 5.90. The number of hydrogen-bond donors (Lipinski definition) is 1. The van der Waals surface area contributed by atoms with Crippen LogP contribution in [0.3, 0.4) is 0 Å². The van der Waals surface area contributed by atoms with Crippen LogP contribution < -0.4 is 10.9 Å². The highest BCUT2D eigenvalue weighted by molar-refractivity contribution is 9.10. The molecule has 0 spiro atoms. The number of hydrogen-bond acceptors (Lipinski definition) is 6. The highest BCUT2D eigenvalue weighted by Crippen LogP contribution is 2.19. The van der Waals surface area contributed by atoms with Gasteiger partial charge in [0.2, 0.25) is 5.95 Å². The van der Waals surface area contributed by atoms with Crippen molar-refractivity contribution in [2.24, 2.45) is 0 Å². The van der Waals surface area contributed by atoms with Crippen LogP contribution in [0.4, 0.5) is 5.95 Å². The first-order valence-electron chi connectivity index (χ1n) is 9.74. The molecule has 1 saturated heterocycles. The van der Waals surface area contributed by atoms with Gasteiger partial charge in [-0.1, -0.05) is 6.42 Å². The second-order valence-electron chi connectivity index (χ2n) is 7.32. The minimum absolute atomic E-state index is 0.0330. The summed E-state index contributed by atoms with van der Waals surface area (Å²) in [6.07, 6.45) is 10.2. The van der Waals surface area contributed by atoms with E-state index < -0.39 is 0 Å². The number of anilines is 1. The predicted octanol–water partition coefficient (Wildman–Crippen LogP) is 2.25. The first kappa shape index (κ1) is 18.6. The minimum Gasteiger partial charge on any atom is -0.353 e. The summed E-state index contributed by atoms with van der Waals surface area (Å²) in [5.41, 5.74) is 2.29. The number of aromatic nitrogens is 4. The summed E-state index contributed by atoms with van der Waals surface area (Å²) in [6, 6.07) is 2.21. The van der Waals surface area contributed by atoms with Crippen LogP contribution in [0.1, 0.15) is 36.9 Å². The fourth-order valence-corrected chi connectivity index (χ4v) is 4.23. The lowest BCUT2D eigenvalue weighted by Gasteiger charge is -2.35. The third kappa shape index (κ3) is 4.55. The van der Waals surface area contributed by atoms with E-state index in [-0.39, 0.29) is 5.56 Å². The second-order valence-corrected chi connectivity index (χ2v) is 8.24. The van der Waals surface area contributed by atoms with E-state index in [4.69, 9.17) is 0 Å². The van der Waals surface area contributed by atoms with Crippen molar-refractivity contribution in [2.75, 3.05) is 25.0 Å². The van der Waals surface area contributed by atoms with Crippen molar-refractivity contribution >= 4 is 21.9 Å². The Balaban J connectivity index is 1.36. The average Bonchev–Trinajstić information content (AvgIpc) is 3.13. The molecule has 4 rings (SSSR count). The smallest absolute Gasteiger partial charge is 0.267 e. The summed E-state index contributed by atoms with van der Waals surface area (Å²) < 4.78 is 2.53. The molecule has 1 atom stereocenters. The molecule has 1 N–H and O–H groups in total. The Morgan fingerprint density at radius 2 is 2.00 bits per heavy atom. The molecule has 0 bridgehead atoms. The number of likely N-dealkylation sites (tertiary alicyclic amines) is 1. The average molecular weight is 433 g/mol. The molecule has 8 heteroatoms. The predicted molar refractivity (Wildman–Crippen MR) is 108 cm³/mol. The number of aryl methyl sites for hydroxylation is 2. The number of fused-ring (bicyclic) bond motifs is 1. The van der Waals surface area contributed by atoms with Crippen LogP contribution in [0, 0.1) is 0 Å². The SMILES string of the molecule is O=c1cc2c(nn1CCN1CCCCC1CNc1ncc(Br)cn1)CCC2. The van der Waals surface area contributed by atoms with Crippen LogP contribution in [-0.2, 0) is 19.4 Å². The van der Waals surface area contributed by atoms with E-state index in [2.05, 4.69) is 41.2 Å². The number of nitrogens with one attached hydrogen (secondary N) is 1. The third-order valence-electron chi connectivity index (χ3n) is 5.49. The van der Waals surface area contributed by atoms with Crippen molar-refractivity contribution in [3.63, 3.8) is 0 Å². The Morgan fingerprint density at radius 1 is 1.15 bits per heavy atom. The van der Waals surface area contributed by atoms with E-state index in [0.29, 0.717) is 18.5 Å². The maximum atomic E-state index is 12.3. The van der Waals surface area contributed by atoms with E-state index in [1.165, 1.54) is 12.8 Å². The fourth-order valence-electron chi connectivity index (χ4n) is 4.02. The topological polar surface area (TPSA) is 75.9 Å². The normalized spacial score (nSPS) is 19.8. The molecule has 7 nitrogen and oxygen atoms in total. The molecule has 1 aliphatic carbocycles.